The molecule has 0 saturated heterocycles. The lowest BCUT2D eigenvalue weighted by Crippen LogP contribution is -2.03. The van der Waals surface area contributed by atoms with Crippen LogP contribution in [0.4, 0.5) is 5.69 Å². The summed E-state index contributed by atoms with van der Waals surface area (Å²) >= 11 is 7.12. The third-order valence-corrected chi connectivity index (χ3v) is 5.27. The van der Waals surface area contributed by atoms with Crippen molar-refractivity contribution in [3.05, 3.63) is 86.3 Å². The van der Waals surface area contributed by atoms with Gasteiger partial charge in [0.25, 0.3) is 0 Å². The molecule has 3 aromatic rings. The van der Waals surface area contributed by atoms with E-state index >= 15 is 0 Å². The molecule has 0 unspecified atom stereocenters. The van der Waals surface area contributed by atoms with Gasteiger partial charge in [0.15, 0.2) is 11.5 Å². The van der Waals surface area contributed by atoms with Crippen molar-refractivity contribution in [1.82, 2.24) is 0 Å². The van der Waals surface area contributed by atoms with Gasteiger partial charge in [-0.15, -0.1) is 0 Å². The van der Waals surface area contributed by atoms with Crippen LogP contribution in [0.5, 0.6) is 11.5 Å². The van der Waals surface area contributed by atoms with Gasteiger partial charge in [0.05, 0.1) is 11.6 Å². The van der Waals surface area contributed by atoms with E-state index < -0.39 is 0 Å². The third kappa shape index (κ3) is 5.27. The van der Waals surface area contributed by atoms with E-state index in [1.165, 1.54) is 5.56 Å². The van der Waals surface area contributed by atoms with Crippen molar-refractivity contribution in [1.29, 1.82) is 0 Å². The average Bonchev–Trinajstić information content (AvgIpc) is 2.67. The predicted octanol–water partition coefficient (Wildman–Crippen LogP) is 6.72. The minimum atomic E-state index is 0.492. The molecule has 0 fully saturated rings. The van der Waals surface area contributed by atoms with Crippen LogP contribution in [0, 0.1) is 6.92 Å². The molecule has 0 heterocycles. The predicted molar refractivity (Wildman–Crippen MR) is 118 cm³/mol. The highest BCUT2D eigenvalue weighted by atomic mass is 79.9. The first-order chi connectivity index (χ1) is 13.1. The summed E-state index contributed by atoms with van der Waals surface area (Å²) in [6, 6.07) is 20.4. The molecule has 0 spiro atoms. The van der Waals surface area contributed by atoms with E-state index in [4.69, 9.17) is 9.47 Å². The Hall–Kier alpha value is -1.98. The van der Waals surface area contributed by atoms with Crippen molar-refractivity contribution in [3.63, 3.8) is 0 Å². The first-order valence-corrected chi connectivity index (χ1v) is 10.2. The Labute approximate surface area is 177 Å². The first-order valence-electron chi connectivity index (χ1n) is 8.60. The molecule has 3 nitrogen and oxygen atoms in total. The summed E-state index contributed by atoms with van der Waals surface area (Å²) in [6.45, 7) is 3.27. The lowest BCUT2D eigenvalue weighted by atomic mass is 10.1. The van der Waals surface area contributed by atoms with Crippen LogP contribution in [0.25, 0.3) is 0 Å². The smallest absolute Gasteiger partial charge is 0.175 e. The Balaban J connectivity index is 1.73. The van der Waals surface area contributed by atoms with Crippen LogP contribution < -0.4 is 14.8 Å². The number of hydrogen-bond donors (Lipinski definition) is 1. The summed E-state index contributed by atoms with van der Waals surface area (Å²) in [5.74, 6) is 1.43. The second-order valence-corrected chi connectivity index (χ2v) is 7.97. The van der Waals surface area contributed by atoms with Crippen LogP contribution in [0.1, 0.15) is 16.7 Å². The van der Waals surface area contributed by atoms with Crippen molar-refractivity contribution in [2.45, 2.75) is 20.1 Å². The average molecular weight is 491 g/mol. The second kappa shape index (κ2) is 9.29. The Morgan fingerprint density at radius 1 is 0.926 bits per heavy atom. The SMILES string of the molecule is COc1cc(CNc2ccc(Br)cc2C)cc(Br)c1OCc1ccccc1. The highest BCUT2D eigenvalue weighted by molar-refractivity contribution is 9.10. The molecular formula is C22H21Br2NO2. The van der Waals surface area contributed by atoms with Crippen molar-refractivity contribution in [2.24, 2.45) is 0 Å². The maximum atomic E-state index is 6.00. The molecule has 0 aromatic heterocycles. The van der Waals surface area contributed by atoms with Crippen LogP contribution in [0.2, 0.25) is 0 Å². The van der Waals surface area contributed by atoms with Gasteiger partial charge in [-0.2, -0.15) is 0 Å². The highest BCUT2D eigenvalue weighted by Gasteiger charge is 2.12. The standard InChI is InChI=1S/C22H21Br2NO2/c1-15-10-18(23)8-9-20(15)25-13-17-11-19(24)22(21(12-17)26-2)27-14-16-6-4-3-5-7-16/h3-12,25H,13-14H2,1-2H3. The molecule has 140 valence electrons. The number of halogens is 2. The minimum Gasteiger partial charge on any atom is -0.493 e. The molecular weight excluding hydrogens is 470 g/mol. The number of rotatable bonds is 7. The Morgan fingerprint density at radius 3 is 2.41 bits per heavy atom. The molecule has 0 saturated carbocycles. The van der Waals surface area contributed by atoms with Gasteiger partial charge >= 0.3 is 0 Å². The van der Waals surface area contributed by atoms with Crippen LogP contribution in [-0.2, 0) is 13.2 Å². The van der Waals surface area contributed by atoms with Gasteiger partial charge in [-0.3, -0.25) is 0 Å². The van der Waals surface area contributed by atoms with E-state index in [2.05, 4.69) is 62.3 Å². The lowest BCUT2D eigenvalue weighted by molar-refractivity contribution is 0.282. The van der Waals surface area contributed by atoms with Crippen molar-refractivity contribution in [3.8, 4) is 11.5 Å². The van der Waals surface area contributed by atoms with Crippen LogP contribution in [0.3, 0.4) is 0 Å². The number of ether oxygens (including phenoxy) is 2. The molecule has 3 aromatic carbocycles. The fourth-order valence-electron chi connectivity index (χ4n) is 2.77. The monoisotopic (exact) mass is 489 g/mol. The number of hydrogen-bond acceptors (Lipinski definition) is 3. The van der Waals surface area contributed by atoms with Crippen molar-refractivity contribution < 1.29 is 9.47 Å². The van der Waals surface area contributed by atoms with Crippen LogP contribution in [0.15, 0.2) is 69.6 Å². The van der Waals surface area contributed by atoms with Gasteiger partial charge in [0.1, 0.15) is 6.61 Å². The quantitative estimate of drug-likeness (QED) is 0.398. The first kappa shape index (κ1) is 19.8. The van der Waals surface area contributed by atoms with Gasteiger partial charge in [-0.05, 0) is 69.9 Å². The molecule has 0 atom stereocenters. The van der Waals surface area contributed by atoms with E-state index in [0.717, 1.165) is 25.8 Å². The molecule has 5 heteroatoms. The summed E-state index contributed by atoms with van der Waals surface area (Å²) in [7, 11) is 1.66. The minimum absolute atomic E-state index is 0.492. The van der Waals surface area contributed by atoms with E-state index in [-0.39, 0.29) is 0 Å². The molecule has 0 aliphatic heterocycles. The molecule has 0 aliphatic carbocycles. The molecule has 0 aliphatic rings. The molecule has 0 bridgehead atoms. The topological polar surface area (TPSA) is 30.5 Å². The number of nitrogens with one attached hydrogen (secondary N) is 1. The summed E-state index contributed by atoms with van der Waals surface area (Å²) in [4.78, 5) is 0. The molecule has 0 radical (unpaired) electrons. The summed E-state index contributed by atoms with van der Waals surface area (Å²) in [6.07, 6.45) is 0. The zero-order valence-corrected chi connectivity index (χ0v) is 18.4. The fraction of sp³-hybridized carbons (Fsp3) is 0.182. The van der Waals surface area contributed by atoms with E-state index in [1.807, 2.05) is 42.5 Å². The Morgan fingerprint density at radius 2 is 1.70 bits per heavy atom. The maximum absolute atomic E-state index is 6.00. The van der Waals surface area contributed by atoms with Crippen molar-refractivity contribution in [2.75, 3.05) is 12.4 Å². The highest BCUT2D eigenvalue weighted by Crippen LogP contribution is 2.37. The Bertz CT molecular complexity index is 914. The van der Waals surface area contributed by atoms with Gasteiger partial charge in [-0.1, -0.05) is 46.3 Å². The van der Waals surface area contributed by atoms with E-state index in [9.17, 15) is 0 Å². The lowest BCUT2D eigenvalue weighted by Gasteiger charge is -2.16. The zero-order chi connectivity index (χ0) is 19.2. The van der Waals surface area contributed by atoms with Gasteiger partial charge < -0.3 is 14.8 Å². The molecule has 0 amide bonds. The molecule has 27 heavy (non-hydrogen) atoms. The summed E-state index contributed by atoms with van der Waals surface area (Å²) < 4.78 is 13.5. The van der Waals surface area contributed by atoms with Gasteiger partial charge in [0.2, 0.25) is 0 Å². The Kier molecular flexibility index (Phi) is 6.80. The maximum Gasteiger partial charge on any atom is 0.175 e. The molecule has 1 N–H and O–H groups in total. The summed E-state index contributed by atoms with van der Waals surface area (Å²) in [5.41, 5.74) is 4.52. The largest absolute Gasteiger partial charge is 0.493 e. The van der Waals surface area contributed by atoms with Gasteiger partial charge in [-0.25, -0.2) is 0 Å². The van der Waals surface area contributed by atoms with E-state index in [0.29, 0.717) is 24.7 Å². The van der Waals surface area contributed by atoms with Crippen molar-refractivity contribution >= 4 is 37.5 Å². The number of methoxy groups -OCH3 is 1. The normalized spacial score (nSPS) is 10.5. The van der Waals surface area contributed by atoms with Crippen LogP contribution >= 0.6 is 31.9 Å². The second-order valence-electron chi connectivity index (χ2n) is 6.20. The van der Waals surface area contributed by atoms with Crippen LogP contribution in [-0.4, -0.2) is 7.11 Å². The third-order valence-electron chi connectivity index (χ3n) is 4.19. The van der Waals surface area contributed by atoms with E-state index in [1.54, 1.807) is 7.11 Å². The number of anilines is 1. The fourth-order valence-corrected chi connectivity index (χ4v) is 3.85. The zero-order valence-electron chi connectivity index (χ0n) is 15.3. The molecule has 3 rings (SSSR count). The van der Waals surface area contributed by atoms with Gasteiger partial charge in [0, 0.05) is 16.7 Å². The number of benzene rings is 3. The summed E-state index contributed by atoms with van der Waals surface area (Å²) in [5, 5.41) is 3.47. The number of aryl methyl sites for hydroxylation is 1.